The summed E-state index contributed by atoms with van der Waals surface area (Å²) in [5.41, 5.74) is 5.45. The van der Waals surface area contributed by atoms with Gasteiger partial charge in [-0.05, 0) is 0 Å². The lowest BCUT2D eigenvalue weighted by Gasteiger charge is -2.35. The Morgan fingerprint density at radius 1 is 1.44 bits per heavy atom. The first kappa shape index (κ1) is 13.4. The summed E-state index contributed by atoms with van der Waals surface area (Å²) in [6.45, 7) is 4.01. The normalized spacial score (nSPS) is 19.8. The molecule has 16 heavy (non-hydrogen) atoms. The SMILES string of the molecule is COC(CN)C(=O)N1CCN(CCO)CC1. The molecule has 3 N–H and O–H groups in total. The molecule has 1 fully saturated rings. The van der Waals surface area contributed by atoms with E-state index in [0.29, 0.717) is 19.6 Å². The largest absolute Gasteiger partial charge is 0.395 e. The number of rotatable bonds is 5. The highest BCUT2D eigenvalue weighted by atomic mass is 16.5. The van der Waals surface area contributed by atoms with Crippen LogP contribution in [0.1, 0.15) is 0 Å². The van der Waals surface area contributed by atoms with Crippen molar-refractivity contribution in [2.75, 3.05) is 53.0 Å². The van der Waals surface area contributed by atoms with Crippen molar-refractivity contribution in [2.24, 2.45) is 5.73 Å². The molecule has 1 aliphatic heterocycles. The lowest BCUT2D eigenvalue weighted by molar-refractivity contribution is -0.143. The van der Waals surface area contributed by atoms with Crippen LogP contribution < -0.4 is 5.73 Å². The first-order valence-corrected chi connectivity index (χ1v) is 5.57. The second kappa shape index (κ2) is 6.80. The molecule has 0 saturated carbocycles. The van der Waals surface area contributed by atoms with Crippen LogP contribution in [0, 0.1) is 0 Å². The van der Waals surface area contributed by atoms with Crippen molar-refractivity contribution >= 4 is 5.91 Å². The molecule has 0 aromatic rings. The Morgan fingerprint density at radius 3 is 2.50 bits per heavy atom. The number of hydrogen-bond acceptors (Lipinski definition) is 5. The van der Waals surface area contributed by atoms with E-state index in [4.69, 9.17) is 15.6 Å². The molecule has 1 rings (SSSR count). The Kier molecular flexibility index (Phi) is 5.68. The van der Waals surface area contributed by atoms with Crippen LogP contribution in [-0.2, 0) is 9.53 Å². The number of carbonyl (C=O) groups is 1. The quantitative estimate of drug-likeness (QED) is 0.577. The number of nitrogens with zero attached hydrogens (tertiary/aromatic N) is 2. The van der Waals surface area contributed by atoms with Crippen LogP contribution in [-0.4, -0.2) is 79.9 Å². The van der Waals surface area contributed by atoms with Crippen molar-refractivity contribution in [2.45, 2.75) is 6.10 Å². The third-order valence-corrected chi connectivity index (χ3v) is 2.87. The number of methoxy groups -OCH3 is 1. The van der Waals surface area contributed by atoms with Gasteiger partial charge in [-0.1, -0.05) is 0 Å². The Hall–Kier alpha value is -0.690. The van der Waals surface area contributed by atoms with Crippen molar-refractivity contribution in [1.29, 1.82) is 0 Å². The maximum atomic E-state index is 11.9. The molecule has 0 spiro atoms. The summed E-state index contributed by atoms with van der Waals surface area (Å²) in [7, 11) is 1.50. The van der Waals surface area contributed by atoms with Gasteiger partial charge in [0.1, 0.15) is 6.10 Å². The maximum Gasteiger partial charge on any atom is 0.253 e. The van der Waals surface area contributed by atoms with Crippen molar-refractivity contribution < 1.29 is 14.6 Å². The Morgan fingerprint density at radius 2 is 2.06 bits per heavy atom. The highest BCUT2D eigenvalue weighted by Crippen LogP contribution is 2.04. The minimum atomic E-state index is -0.524. The van der Waals surface area contributed by atoms with Crippen LogP contribution in [0.3, 0.4) is 0 Å². The molecule has 1 atom stereocenters. The van der Waals surface area contributed by atoms with Gasteiger partial charge in [-0.2, -0.15) is 0 Å². The molecule has 0 aliphatic carbocycles. The zero-order chi connectivity index (χ0) is 12.0. The summed E-state index contributed by atoms with van der Waals surface area (Å²) >= 11 is 0. The van der Waals surface area contributed by atoms with Gasteiger partial charge in [-0.3, -0.25) is 9.69 Å². The summed E-state index contributed by atoms with van der Waals surface area (Å²) < 4.78 is 5.02. The monoisotopic (exact) mass is 231 g/mol. The number of ether oxygens (including phenoxy) is 1. The molecule has 0 bridgehead atoms. The van der Waals surface area contributed by atoms with Gasteiger partial charge in [-0.25, -0.2) is 0 Å². The number of piperazine rings is 1. The summed E-state index contributed by atoms with van der Waals surface area (Å²) in [6, 6.07) is 0. The third-order valence-electron chi connectivity index (χ3n) is 2.87. The highest BCUT2D eigenvalue weighted by molar-refractivity contribution is 5.81. The third kappa shape index (κ3) is 3.41. The molecule has 94 valence electrons. The molecule has 0 radical (unpaired) electrons. The molecule has 6 nitrogen and oxygen atoms in total. The van der Waals surface area contributed by atoms with Gasteiger partial charge in [0, 0.05) is 46.4 Å². The first-order valence-electron chi connectivity index (χ1n) is 5.57. The van der Waals surface area contributed by atoms with E-state index in [1.165, 1.54) is 7.11 Å². The minimum absolute atomic E-state index is 0.0337. The van der Waals surface area contributed by atoms with Crippen LogP contribution in [0.5, 0.6) is 0 Å². The average Bonchev–Trinajstić information content (AvgIpc) is 2.32. The second-order valence-corrected chi connectivity index (χ2v) is 3.85. The van der Waals surface area contributed by atoms with Crippen LogP contribution in [0.25, 0.3) is 0 Å². The van der Waals surface area contributed by atoms with Gasteiger partial charge in [-0.15, -0.1) is 0 Å². The fraction of sp³-hybridized carbons (Fsp3) is 0.900. The number of aliphatic hydroxyl groups excluding tert-OH is 1. The lowest BCUT2D eigenvalue weighted by Crippen LogP contribution is -2.53. The Labute approximate surface area is 95.9 Å². The van der Waals surface area contributed by atoms with Crippen molar-refractivity contribution in [3.05, 3.63) is 0 Å². The van der Waals surface area contributed by atoms with E-state index in [9.17, 15) is 4.79 Å². The van der Waals surface area contributed by atoms with Crippen LogP contribution in [0.15, 0.2) is 0 Å². The molecule has 6 heteroatoms. The number of hydrogen-bond donors (Lipinski definition) is 2. The molecular formula is C10H21N3O3. The maximum absolute atomic E-state index is 11.9. The van der Waals surface area contributed by atoms with E-state index in [-0.39, 0.29) is 19.1 Å². The summed E-state index contributed by atoms with van der Waals surface area (Å²) in [5.74, 6) is -0.0337. The number of β-amino-alcohol motifs (C(OH)–C–C–N with tert-alkyl or cyclic N) is 1. The van der Waals surface area contributed by atoms with E-state index in [0.717, 1.165) is 13.1 Å². The minimum Gasteiger partial charge on any atom is -0.395 e. The smallest absolute Gasteiger partial charge is 0.253 e. The predicted octanol–water partition coefficient (Wildman–Crippen LogP) is -1.90. The molecule has 1 saturated heterocycles. The summed E-state index contributed by atoms with van der Waals surface area (Å²) in [4.78, 5) is 15.8. The Bertz CT molecular complexity index is 213. The van der Waals surface area contributed by atoms with Gasteiger partial charge < -0.3 is 20.5 Å². The number of carbonyl (C=O) groups excluding carboxylic acids is 1. The predicted molar refractivity (Wildman–Crippen MR) is 60.0 cm³/mol. The zero-order valence-electron chi connectivity index (χ0n) is 9.76. The summed E-state index contributed by atoms with van der Waals surface area (Å²) in [5, 5.41) is 8.80. The molecule has 0 aromatic carbocycles. The topological polar surface area (TPSA) is 79.0 Å². The van der Waals surface area contributed by atoms with Crippen molar-refractivity contribution in [3.8, 4) is 0 Å². The summed E-state index contributed by atoms with van der Waals surface area (Å²) in [6.07, 6.45) is -0.524. The Balaban J connectivity index is 2.38. The van der Waals surface area contributed by atoms with Crippen molar-refractivity contribution in [1.82, 2.24) is 9.80 Å². The van der Waals surface area contributed by atoms with Gasteiger partial charge >= 0.3 is 0 Å². The molecule has 0 aromatic heterocycles. The standard InChI is InChI=1S/C10H21N3O3/c1-16-9(8-11)10(15)13-4-2-12(3-5-13)6-7-14/h9,14H,2-8,11H2,1H3. The number of aliphatic hydroxyl groups is 1. The van der Waals surface area contributed by atoms with Crippen LogP contribution >= 0.6 is 0 Å². The van der Waals surface area contributed by atoms with Gasteiger partial charge in [0.2, 0.25) is 0 Å². The van der Waals surface area contributed by atoms with E-state index in [1.807, 2.05) is 0 Å². The molecule has 1 amide bonds. The second-order valence-electron chi connectivity index (χ2n) is 3.85. The molecule has 1 heterocycles. The fourth-order valence-corrected chi connectivity index (χ4v) is 1.83. The zero-order valence-corrected chi connectivity index (χ0v) is 9.76. The fourth-order valence-electron chi connectivity index (χ4n) is 1.83. The molecule has 1 unspecified atom stereocenters. The van der Waals surface area contributed by atoms with E-state index >= 15 is 0 Å². The van der Waals surface area contributed by atoms with E-state index < -0.39 is 6.10 Å². The number of amides is 1. The van der Waals surface area contributed by atoms with E-state index in [2.05, 4.69) is 4.90 Å². The van der Waals surface area contributed by atoms with Gasteiger partial charge in [0.15, 0.2) is 0 Å². The van der Waals surface area contributed by atoms with E-state index in [1.54, 1.807) is 4.90 Å². The molecule has 1 aliphatic rings. The highest BCUT2D eigenvalue weighted by Gasteiger charge is 2.26. The average molecular weight is 231 g/mol. The van der Waals surface area contributed by atoms with Gasteiger partial charge in [0.05, 0.1) is 6.61 Å². The van der Waals surface area contributed by atoms with Crippen LogP contribution in [0.4, 0.5) is 0 Å². The van der Waals surface area contributed by atoms with Crippen molar-refractivity contribution in [3.63, 3.8) is 0 Å². The van der Waals surface area contributed by atoms with Gasteiger partial charge in [0.25, 0.3) is 5.91 Å². The lowest BCUT2D eigenvalue weighted by atomic mass is 10.2. The number of nitrogens with two attached hydrogens (primary N) is 1. The first-order chi connectivity index (χ1) is 7.72. The van der Waals surface area contributed by atoms with Crippen LogP contribution in [0.2, 0.25) is 0 Å². The molecular weight excluding hydrogens is 210 g/mol.